The zero-order chi connectivity index (χ0) is 38.0. The number of rotatable bonds is 4. The Morgan fingerprint density at radius 3 is 1.66 bits per heavy atom. The Balaban J connectivity index is 1.10. The van der Waals surface area contributed by atoms with Crippen LogP contribution in [0.2, 0.25) is 0 Å². The van der Waals surface area contributed by atoms with E-state index in [4.69, 9.17) is 4.42 Å². The van der Waals surface area contributed by atoms with Crippen molar-refractivity contribution in [2.24, 2.45) is 0 Å². The Kier molecular flexibility index (Phi) is 6.37. The fourth-order valence-corrected chi connectivity index (χ4v) is 10.5. The molecule has 3 heteroatoms. The summed E-state index contributed by atoms with van der Waals surface area (Å²) in [5.41, 5.74) is 16.1. The maximum atomic E-state index is 6.45. The summed E-state index contributed by atoms with van der Waals surface area (Å²) in [4.78, 5) is 0. The molecular weight excluding hydrogens is 705 g/mol. The van der Waals surface area contributed by atoms with Gasteiger partial charge < -0.3 is 13.6 Å². The van der Waals surface area contributed by atoms with Gasteiger partial charge in [-0.25, -0.2) is 0 Å². The van der Waals surface area contributed by atoms with Crippen molar-refractivity contribution >= 4 is 65.6 Å². The van der Waals surface area contributed by atoms with Crippen molar-refractivity contribution in [3.05, 3.63) is 229 Å². The molecule has 58 heavy (non-hydrogen) atoms. The first-order valence-corrected chi connectivity index (χ1v) is 20.0. The van der Waals surface area contributed by atoms with Gasteiger partial charge in [0.1, 0.15) is 11.2 Å². The van der Waals surface area contributed by atoms with Crippen LogP contribution in [0.25, 0.3) is 88.1 Å². The van der Waals surface area contributed by atoms with Crippen LogP contribution in [0, 0.1) is 0 Å². The largest absolute Gasteiger partial charge is 0.456 e. The molecule has 3 aromatic heterocycles. The maximum Gasteiger partial charge on any atom is 0.136 e. The lowest BCUT2D eigenvalue weighted by Gasteiger charge is -2.34. The van der Waals surface area contributed by atoms with E-state index in [-0.39, 0.29) is 0 Å². The van der Waals surface area contributed by atoms with E-state index in [1.54, 1.807) is 0 Å². The number of hydrogen-bond donors (Lipinski definition) is 0. The Morgan fingerprint density at radius 1 is 0.328 bits per heavy atom. The second-order valence-corrected chi connectivity index (χ2v) is 15.6. The topological polar surface area (TPSA) is 23.0 Å². The Hall–Kier alpha value is -7.62. The van der Waals surface area contributed by atoms with Crippen LogP contribution in [-0.2, 0) is 5.41 Å². The highest BCUT2D eigenvalue weighted by atomic mass is 16.3. The average molecular weight is 739 g/mol. The van der Waals surface area contributed by atoms with Gasteiger partial charge in [0.25, 0.3) is 0 Å². The van der Waals surface area contributed by atoms with Gasteiger partial charge in [0, 0.05) is 43.7 Å². The van der Waals surface area contributed by atoms with Gasteiger partial charge in [-0.1, -0.05) is 146 Å². The molecule has 0 aliphatic heterocycles. The summed E-state index contributed by atoms with van der Waals surface area (Å²) < 4.78 is 11.3. The Labute approximate surface area is 334 Å². The molecular formula is C55H34N2O. The average Bonchev–Trinajstić information content (AvgIpc) is 4.01. The number of hydrogen-bond acceptors (Lipinski definition) is 1. The molecule has 3 heterocycles. The summed E-state index contributed by atoms with van der Waals surface area (Å²) in [7, 11) is 0. The molecule has 0 saturated carbocycles. The minimum atomic E-state index is -0.445. The summed E-state index contributed by atoms with van der Waals surface area (Å²) in [6.45, 7) is 0. The molecule has 0 unspecified atom stereocenters. The first-order valence-electron chi connectivity index (χ1n) is 20.0. The SMILES string of the molecule is c1ccc(-n2c3cc4c(cc3c3c5c(ccc32)oc2ccccc25)c2ccccc2n4-c2ccc(C3(c4ccccc4)c4ccccc4-c4ccccc43)cc2)cc1. The summed E-state index contributed by atoms with van der Waals surface area (Å²) in [6.07, 6.45) is 0. The second-order valence-electron chi connectivity index (χ2n) is 15.6. The molecule has 9 aromatic carbocycles. The van der Waals surface area contributed by atoms with E-state index in [0.29, 0.717) is 0 Å². The van der Waals surface area contributed by atoms with Crippen molar-refractivity contribution in [2.75, 3.05) is 0 Å². The second kappa shape index (κ2) is 11.7. The minimum Gasteiger partial charge on any atom is -0.456 e. The van der Waals surface area contributed by atoms with Gasteiger partial charge in [0.2, 0.25) is 0 Å². The van der Waals surface area contributed by atoms with Crippen molar-refractivity contribution in [3.63, 3.8) is 0 Å². The van der Waals surface area contributed by atoms with Gasteiger partial charge in [-0.15, -0.1) is 0 Å². The summed E-state index contributed by atoms with van der Waals surface area (Å²) >= 11 is 0. The van der Waals surface area contributed by atoms with E-state index in [1.165, 1.54) is 66.0 Å². The summed E-state index contributed by atoms with van der Waals surface area (Å²) in [5.74, 6) is 0. The van der Waals surface area contributed by atoms with Crippen molar-refractivity contribution in [1.29, 1.82) is 0 Å². The molecule has 12 aromatic rings. The number of benzene rings is 9. The molecule has 0 saturated heterocycles. The highest BCUT2D eigenvalue weighted by Gasteiger charge is 2.45. The van der Waals surface area contributed by atoms with Gasteiger partial charge >= 0.3 is 0 Å². The summed E-state index contributed by atoms with van der Waals surface area (Å²) in [5, 5.41) is 7.18. The quantitative estimate of drug-likeness (QED) is 0.176. The van der Waals surface area contributed by atoms with Gasteiger partial charge in [0.15, 0.2) is 0 Å². The third kappa shape index (κ3) is 4.07. The first-order chi connectivity index (χ1) is 28.8. The predicted octanol–water partition coefficient (Wildman–Crippen LogP) is 14.1. The van der Waals surface area contributed by atoms with Crippen LogP contribution in [0.3, 0.4) is 0 Å². The van der Waals surface area contributed by atoms with Gasteiger partial charge in [-0.05, 0) is 94.0 Å². The molecule has 0 N–H and O–H groups in total. The predicted molar refractivity (Wildman–Crippen MR) is 240 cm³/mol. The monoisotopic (exact) mass is 738 g/mol. The normalized spacial score (nSPS) is 13.3. The summed E-state index contributed by atoms with van der Waals surface area (Å²) in [6, 6.07) is 75.5. The molecule has 0 spiro atoms. The zero-order valence-electron chi connectivity index (χ0n) is 31.4. The number of aromatic nitrogens is 2. The fourth-order valence-electron chi connectivity index (χ4n) is 10.5. The van der Waals surface area contributed by atoms with E-state index >= 15 is 0 Å². The standard InChI is InChI=1S/C55H34N2O/c1-3-15-35(16-4-1)55(45-23-11-7-19-39(45)40-20-8-12-24-46(40)55)36-27-29-38(30-28-36)56-47-25-13-9-21-41(47)43-33-44-50(34-49(43)56)57(37-17-5-2-6-18-37)48-31-32-52-54(53(44)48)42-22-10-14-26-51(42)58-52/h1-34H. The van der Waals surface area contributed by atoms with Crippen LogP contribution in [0.5, 0.6) is 0 Å². The molecule has 0 radical (unpaired) electrons. The van der Waals surface area contributed by atoms with E-state index in [9.17, 15) is 0 Å². The number of nitrogens with zero attached hydrogens (tertiary/aromatic N) is 2. The van der Waals surface area contributed by atoms with E-state index < -0.39 is 5.41 Å². The zero-order valence-corrected chi connectivity index (χ0v) is 31.4. The lowest BCUT2D eigenvalue weighted by atomic mass is 9.68. The number of para-hydroxylation sites is 3. The molecule has 0 atom stereocenters. The minimum absolute atomic E-state index is 0.445. The Morgan fingerprint density at radius 2 is 0.897 bits per heavy atom. The number of furan rings is 1. The van der Waals surface area contributed by atoms with E-state index in [1.807, 2.05) is 6.07 Å². The highest BCUT2D eigenvalue weighted by Crippen LogP contribution is 2.56. The molecule has 3 nitrogen and oxygen atoms in total. The molecule has 1 aliphatic rings. The third-order valence-corrected chi connectivity index (χ3v) is 12.8. The molecule has 0 amide bonds. The van der Waals surface area contributed by atoms with Crippen LogP contribution >= 0.6 is 0 Å². The van der Waals surface area contributed by atoms with Gasteiger partial charge in [-0.3, -0.25) is 0 Å². The van der Waals surface area contributed by atoms with Gasteiger partial charge in [0.05, 0.1) is 27.5 Å². The smallest absolute Gasteiger partial charge is 0.136 e. The molecule has 0 fully saturated rings. The van der Waals surface area contributed by atoms with Crippen LogP contribution in [0.4, 0.5) is 0 Å². The third-order valence-electron chi connectivity index (χ3n) is 12.8. The fraction of sp³-hybridized carbons (Fsp3) is 0.0182. The van der Waals surface area contributed by atoms with Crippen molar-refractivity contribution in [1.82, 2.24) is 9.13 Å². The van der Waals surface area contributed by atoms with Crippen LogP contribution in [-0.4, -0.2) is 9.13 Å². The number of fused-ring (bicyclic) bond motifs is 13. The first kappa shape index (κ1) is 31.6. The lowest BCUT2D eigenvalue weighted by molar-refractivity contribution is 0.669. The molecule has 270 valence electrons. The van der Waals surface area contributed by atoms with Crippen LogP contribution < -0.4 is 0 Å². The molecule has 0 bridgehead atoms. The lowest BCUT2D eigenvalue weighted by Crippen LogP contribution is -2.28. The van der Waals surface area contributed by atoms with Gasteiger partial charge in [-0.2, -0.15) is 0 Å². The molecule has 13 rings (SSSR count). The Bertz CT molecular complexity index is 3560. The van der Waals surface area contributed by atoms with E-state index in [2.05, 4.69) is 209 Å². The van der Waals surface area contributed by atoms with Crippen molar-refractivity contribution < 1.29 is 4.42 Å². The van der Waals surface area contributed by atoms with E-state index in [0.717, 1.165) is 44.3 Å². The van der Waals surface area contributed by atoms with Crippen LogP contribution in [0.1, 0.15) is 22.3 Å². The van der Waals surface area contributed by atoms with Crippen molar-refractivity contribution in [3.8, 4) is 22.5 Å². The highest BCUT2D eigenvalue weighted by molar-refractivity contribution is 6.29. The maximum absolute atomic E-state index is 6.45. The van der Waals surface area contributed by atoms with Crippen LogP contribution in [0.15, 0.2) is 211 Å². The molecule has 1 aliphatic carbocycles. The van der Waals surface area contributed by atoms with Crippen molar-refractivity contribution in [2.45, 2.75) is 5.41 Å².